The van der Waals surface area contributed by atoms with Crippen LogP contribution in [0.2, 0.25) is 0 Å². The van der Waals surface area contributed by atoms with Gasteiger partial charge in [0.2, 0.25) is 0 Å². The van der Waals surface area contributed by atoms with Crippen molar-refractivity contribution < 1.29 is 15.0 Å². The van der Waals surface area contributed by atoms with Gasteiger partial charge in [0.1, 0.15) is 5.75 Å². The third-order valence-corrected chi connectivity index (χ3v) is 9.81. The number of carbonyl (C=O) groups is 1. The van der Waals surface area contributed by atoms with Crippen LogP contribution in [0.1, 0.15) is 96.1 Å². The Morgan fingerprint density at radius 2 is 1.75 bits per heavy atom. The van der Waals surface area contributed by atoms with Gasteiger partial charge in [0.15, 0.2) is 5.78 Å². The van der Waals surface area contributed by atoms with E-state index in [1.165, 1.54) is 36.8 Å². The molecule has 0 amide bonds. The van der Waals surface area contributed by atoms with Gasteiger partial charge in [0.25, 0.3) is 0 Å². The first-order valence-electron chi connectivity index (χ1n) is 12.8. The number of aryl methyl sites for hydroxylation is 1. The van der Waals surface area contributed by atoms with Gasteiger partial charge in [-0.25, -0.2) is 0 Å². The lowest BCUT2D eigenvalue weighted by Crippen LogP contribution is -2.51. The van der Waals surface area contributed by atoms with Crippen LogP contribution in [0.4, 0.5) is 0 Å². The van der Waals surface area contributed by atoms with Crippen molar-refractivity contribution in [1.82, 2.24) is 0 Å². The molecule has 2 N–H and O–H groups in total. The minimum atomic E-state index is -0.0823. The number of phenolic OH excluding ortho intramolecular Hbond substituents is 1. The zero-order valence-corrected chi connectivity index (χ0v) is 20.7. The second-order valence-corrected chi connectivity index (χ2v) is 11.8. The summed E-state index contributed by atoms with van der Waals surface area (Å²) in [5, 5.41) is 19.8. The highest BCUT2D eigenvalue weighted by Crippen LogP contribution is 2.65. The summed E-state index contributed by atoms with van der Waals surface area (Å²) >= 11 is 0. The number of ketones is 1. The van der Waals surface area contributed by atoms with Gasteiger partial charge in [0, 0.05) is 6.42 Å². The zero-order chi connectivity index (χ0) is 23.3. The molecule has 3 nitrogen and oxygen atoms in total. The maximum atomic E-state index is 11.8. The normalized spacial score (nSPS) is 38.2. The summed E-state index contributed by atoms with van der Waals surface area (Å²) in [5.74, 6) is 3.46. The second-order valence-electron chi connectivity index (χ2n) is 11.8. The molecule has 176 valence electrons. The van der Waals surface area contributed by atoms with Crippen LogP contribution < -0.4 is 0 Å². The van der Waals surface area contributed by atoms with Gasteiger partial charge in [-0.1, -0.05) is 45.4 Å². The molecule has 5 rings (SSSR count). The standard InChI is InChI=1S/C19H28O2.C10H14O/c1-18-9-7-13(20)11-12(18)3-4-14-15-5-6-17(21)19(15,2)10-8-16(14)18;1-7(2)9-5-4-8(3)10(11)6-9/h11,14-17,21H,3-10H2,1-2H3;4-7,11H,1-3H3/t14-,15-,16-,17-,18-,19-;/m0./s1. The molecule has 6 atom stereocenters. The van der Waals surface area contributed by atoms with Crippen LogP contribution in [0.25, 0.3) is 0 Å². The minimum absolute atomic E-state index is 0.0823. The van der Waals surface area contributed by atoms with E-state index >= 15 is 0 Å². The van der Waals surface area contributed by atoms with E-state index < -0.39 is 0 Å². The van der Waals surface area contributed by atoms with Crippen LogP contribution in [-0.4, -0.2) is 22.1 Å². The molecule has 0 unspecified atom stereocenters. The molecule has 1 aromatic carbocycles. The second kappa shape index (κ2) is 8.63. The summed E-state index contributed by atoms with van der Waals surface area (Å²) in [4.78, 5) is 11.8. The van der Waals surface area contributed by atoms with Crippen LogP contribution in [0.15, 0.2) is 29.8 Å². The largest absolute Gasteiger partial charge is 0.508 e. The lowest BCUT2D eigenvalue weighted by Gasteiger charge is -2.57. The highest BCUT2D eigenvalue weighted by Gasteiger charge is 2.58. The van der Waals surface area contributed by atoms with E-state index in [2.05, 4.69) is 33.8 Å². The summed E-state index contributed by atoms with van der Waals surface area (Å²) in [6.07, 6.45) is 10.7. The van der Waals surface area contributed by atoms with Crippen molar-refractivity contribution >= 4 is 5.78 Å². The number of hydrogen-bond acceptors (Lipinski definition) is 3. The average molecular weight is 439 g/mol. The van der Waals surface area contributed by atoms with E-state index in [9.17, 15) is 15.0 Å². The Balaban J connectivity index is 0.000000189. The first-order chi connectivity index (χ1) is 15.1. The zero-order valence-electron chi connectivity index (χ0n) is 20.7. The number of carbonyl (C=O) groups excluding carboxylic acids is 1. The third-order valence-electron chi connectivity index (χ3n) is 9.81. The van der Waals surface area contributed by atoms with Crippen LogP contribution in [-0.2, 0) is 4.79 Å². The smallest absolute Gasteiger partial charge is 0.155 e. The lowest BCUT2D eigenvalue weighted by molar-refractivity contribution is -0.118. The van der Waals surface area contributed by atoms with E-state index in [1.54, 1.807) is 0 Å². The van der Waals surface area contributed by atoms with Gasteiger partial charge < -0.3 is 10.2 Å². The number of fused-ring (bicyclic) bond motifs is 5. The predicted molar refractivity (Wildman–Crippen MR) is 130 cm³/mol. The first kappa shape index (κ1) is 23.5. The summed E-state index contributed by atoms with van der Waals surface area (Å²) in [6.45, 7) is 10.9. The fourth-order valence-corrected chi connectivity index (χ4v) is 7.52. The summed E-state index contributed by atoms with van der Waals surface area (Å²) in [6, 6.07) is 5.84. The molecule has 0 bridgehead atoms. The average Bonchev–Trinajstić information content (AvgIpc) is 3.05. The molecule has 4 aliphatic rings. The Morgan fingerprint density at radius 3 is 2.44 bits per heavy atom. The number of benzene rings is 1. The predicted octanol–water partition coefficient (Wildman–Crippen LogP) is 6.70. The van der Waals surface area contributed by atoms with E-state index in [0.29, 0.717) is 23.4 Å². The molecule has 32 heavy (non-hydrogen) atoms. The molecular weight excluding hydrogens is 396 g/mol. The number of allylic oxidation sites excluding steroid dienone is 1. The number of aromatic hydroxyl groups is 1. The molecule has 3 saturated carbocycles. The highest BCUT2D eigenvalue weighted by molar-refractivity contribution is 5.91. The Kier molecular flexibility index (Phi) is 6.35. The van der Waals surface area contributed by atoms with Crippen molar-refractivity contribution in [3.05, 3.63) is 41.0 Å². The lowest BCUT2D eigenvalue weighted by atomic mass is 9.47. The summed E-state index contributed by atoms with van der Waals surface area (Å²) in [7, 11) is 0. The molecule has 0 heterocycles. The van der Waals surface area contributed by atoms with E-state index in [-0.39, 0.29) is 16.9 Å². The van der Waals surface area contributed by atoms with E-state index in [4.69, 9.17) is 0 Å². The van der Waals surface area contributed by atoms with Gasteiger partial charge >= 0.3 is 0 Å². The maximum Gasteiger partial charge on any atom is 0.155 e. The molecule has 0 saturated heterocycles. The van der Waals surface area contributed by atoms with Crippen molar-refractivity contribution in [2.75, 3.05) is 0 Å². The molecule has 4 aliphatic carbocycles. The Labute approximate surface area is 194 Å². The first-order valence-corrected chi connectivity index (χ1v) is 12.8. The van der Waals surface area contributed by atoms with Gasteiger partial charge in [-0.05, 0) is 110 Å². The van der Waals surface area contributed by atoms with Gasteiger partial charge in [-0.15, -0.1) is 0 Å². The summed E-state index contributed by atoms with van der Waals surface area (Å²) in [5.41, 5.74) is 4.01. The number of rotatable bonds is 1. The number of aliphatic hydroxyl groups is 1. The molecule has 0 spiro atoms. The Hall–Kier alpha value is -1.61. The maximum absolute atomic E-state index is 11.8. The number of hydrogen-bond donors (Lipinski definition) is 2. The van der Waals surface area contributed by atoms with E-state index in [0.717, 1.165) is 43.1 Å². The topological polar surface area (TPSA) is 57.5 Å². The van der Waals surface area contributed by atoms with Crippen molar-refractivity contribution in [3.63, 3.8) is 0 Å². The molecule has 0 aliphatic heterocycles. The van der Waals surface area contributed by atoms with Crippen LogP contribution in [0, 0.1) is 35.5 Å². The third kappa shape index (κ3) is 3.95. The SMILES string of the molecule is C[C@]12CC[C@H]3[C@@H](CCC4=CC(=O)CC[C@@]43C)[C@@H]1CC[C@@H]2O.Cc1ccc(C(C)C)cc1O. The molecule has 3 heteroatoms. The molecule has 1 aromatic rings. The fraction of sp³-hybridized carbons (Fsp3) is 0.690. The minimum Gasteiger partial charge on any atom is -0.508 e. The van der Waals surface area contributed by atoms with Crippen molar-refractivity contribution in [2.45, 2.75) is 98.0 Å². The highest BCUT2D eigenvalue weighted by atomic mass is 16.3. The van der Waals surface area contributed by atoms with Gasteiger partial charge in [-0.2, -0.15) is 0 Å². The van der Waals surface area contributed by atoms with Crippen LogP contribution in [0.3, 0.4) is 0 Å². The number of aliphatic hydroxyl groups excluding tert-OH is 1. The molecule has 3 fully saturated rings. The number of phenols is 1. The van der Waals surface area contributed by atoms with Crippen molar-refractivity contribution in [1.29, 1.82) is 0 Å². The molecule has 0 radical (unpaired) electrons. The van der Waals surface area contributed by atoms with Gasteiger partial charge in [-0.3, -0.25) is 4.79 Å². The van der Waals surface area contributed by atoms with Crippen LogP contribution >= 0.6 is 0 Å². The van der Waals surface area contributed by atoms with Crippen LogP contribution in [0.5, 0.6) is 5.75 Å². The monoisotopic (exact) mass is 438 g/mol. The Morgan fingerprint density at radius 1 is 1.00 bits per heavy atom. The quantitative estimate of drug-likeness (QED) is 0.513. The molecular formula is C29H42O3. The van der Waals surface area contributed by atoms with Crippen molar-refractivity contribution in [2.24, 2.45) is 28.6 Å². The summed E-state index contributed by atoms with van der Waals surface area (Å²) < 4.78 is 0. The Bertz CT molecular complexity index is 900. The van der Waals surface area contributed by atoms with E-state index in [1.807, 2.05) is 25.1 Å². The van der Waals surface area contributed by atoms with Gasteiger partial charge in [0.05, 0.1) is 6.10 Å². The van der Waals surface area contributed by atoms with Crippen molar-refractivity contribution in [3.8, 4) is 5.75 Å². The fourth-order valence-electron chi connectivity index (χ4n) is 7.52. The molecule has 0 aromatic heterocycles.